The number of ether oxygens (including phenoxy) is 1. The second kappa shape index (κ2) is 7.05. The Morgan fingerprint density at radius 3 is 2.57 bits per heavy atom. The van der Waals surface area contributed by atoms with Gasteiger partial charge in [-0.3, -0.25) is 4.79 Å². The van der Waals surface area contributed by atoms with Crippen molar-refractivity contribution in [1.82, 2.24) is 4.90 Å². The zero-order valence-corrected chi connectivity index (χ0v) is 12.5. The number of likely N-dealkylation sites (tertiary alicyclic amines) is 1. The standard InChI is InChI=1S/C17H24N2O2/c20-17(4-3-12-19-10-1-2-11-19)18-15-7-5-14(6-8-15)16-9-13-21-16/h5-8,16H,1-4,9-13H2,(H,18,20). The Balaban J connectivity index is 1.39. The lowest BCUT2D eigenvalue weighted by Crippen LogP contribution is -2.22. The van der Waals surface area contributed by atoms with Gasteiger partial charge in [-0.1, -0.05) is 12.1 Å². The highest BCUT2D eigenvalue weighted by molar-refractivity contribution is 5.90. The predicted molar refractivity (Wildman–Crippen MR) is 83.3 cm³/mol. The molecule has 0 bridgehead atoms. The van der Waals surface area contributed by atoms with E-state index >= 15 is 0 Å². The fourth-order valence-corrected chi connectivity index (χ4v) is 2.97. The van der Waals surface area contributed by atoms with E-state index in [1.807, 2.05) is 24.3 Å². The summed E-state index contributed by atoms with van der Waals surface area (Å²) < 4.78 is 5.45. The van der Waals surface area contributed by atoms with Gasteiger partial charge >= 0.3 is 0 Å². The predicted octanol–water partition coefficient (Wildman–Crippen LogP) is 2.96. The number of hydrogen-bond donors (Lipinski definition) is 1. The molecule has 1 N–H and O–H groups in total. The van der Waals surface area contributed by atoms with Crippen LogP contribution in [0.5, 0.6) is 0 Å². The molecule has 2 heterocycles. The van der Waals surface area contributed by atoms with Crippen LogP contribution in [0.15, 0.2) is 24.3 Å². The van der Waals surface area contributed by atoms with Crippen LogP contribution in [-0.4, -0.2) is 37.0 Å². The van der Waals surface area contributed by atoms with Crippen LogP contribution in [0.1, 0.15) is 43.8 Å². The van der Waals surface area contributed by atoms with E-state index in [-0.39, 0.29) is 12.0 Å². The number of carbonyl (C=O) groups is 1. The molecule has 1 amide bonds. The summed E-state index contributed by atoms with van der Waals surface area (Å²) in [5, 5.41) is 2.97. The summed E-state index contributed by atoms with van der Waals surface area (Å²) in [5.74, 6) is 0.113. The molecule has 0 spiro atoms. The molecule has 21 heavy (non-hydrogen) atoms. The molecule has 0 saturated carbocycles. The number of rotatable bonds is 6. The number of amides is 1. The van der Waals surface area contributed by atoms with Crippen LogP contribution >= 0.6 is 0 Å². The van der Waals surface area contributed by atoms with Gasteiger partial charge in [-0.2, -0.15) is 0 Å². The first-order chi connectivity index (χ1) is 10.3. The van der Waals surface area contributed by atoms with Crippen LogP contribution in [0.25, 0.3) is 0 Å². The molecular formula is C17H24N2O2. The third-order valence-corrected chi connectivity index (χ3v) is 4.34. The monoisotopic (exact) mass is 288 g/mol. The second-order valence-electron chi connectivity index (χ2n) is 5.97. The molecule has 0 radical (unpaired) electrons. The Hall–Kier alpha value is -1.39. The number of hydrogen-bond acceptors (Lipinski definition) is 3. The molecule has 1 unspecified atom stereocenters. The minimum atomic E-state index is 0.113. The topological polar surface area (TPSA) is 41.6 Å². The summed E-state index contributed by atoms with van der Waals surface area (Å²) >= 11 is 0. The normalized spacial score (nSPS) is 22.0. The quantitative estimate of drug-likeness (QED) is 0.875. The van der Waals surface area contributed by atoms with Crippen molar-refractivity contribution in [2.75, 3.05) is 31.6 Å². The first kappa shape index (κ1) is 14.5. The van der Waals surface area contributed by atoms with E-state index in [1.54, 1.807) is 0 Å². The number of nitrogens with one attached hydrogen (secondary N) is 1. The van der Waals surface area contributed by atoms with E-state index in [4.69, 9.17) is 4.74 Å². The highest BCUT2D eigenvalue weighted by Gasteiger charge is 2.19. The van der Waals surface area contributed by atoms with Gasteiger partial charge in [0, 0.05) is 18.5 Å². The van der Waals surface area contributed by atoms with Crippen LogP contribution in [0.3, 0.4) is 0 Å². The minimum Gasteiger partial charge on any atom is -0.373 e. The lowest BCUT2D eigenvalue weighted by Gasteiger charge is -2.26. The van der Waals surface area contributed by atoms with Gasteiger partial charge in [0.25, 0.3) is 0 Å². The molecule has 4 heteroatoms. The summed E-state index contributed by atoms with van der Waals surface area (Å²) in [4.78, 5) is 14.4. The van der Waals surface area contributed by atoms with Gasteiger partial charge in [-0.25, -0.2) is 0 Å². The summed E-state index contributed by atoms with van der Waals surface area (Å²) in [6.07, 6.45) is 5.52. The lowest BCUT2D eigenvalue weighted by molar-refractivity contribution is -0.116. The molecular weight excluding hydrogens is 264 g/mol. The van der Waals surface area contributed by atoms with Gasteiger partial charge in [0.05, 0.1) is 12.7 Å². The van der Waals surface area contributed by atoms with Crippen molar-refractivity contribution in [3.8, 4) is 0 Å². The molecule has 4 nitrogen and oxygen atoms in total. The van der Waals surface area contributed by atoms with Crippen LogP contribution < -0.4 is 5.32 Å². The van der Waals surface area contributed by atoms with E-state index in [2.05, 4.69) is 10.2 Å². The maximum Gasteiger partial charge on any atom is 0.224 e. The molecule has 3 rings (SSSR count). The molecule has 0 aliphatic carbocycles. The zero-order chi connectivity index (χ0) is 14.5. The van der Waals surface area contributed by atoms with E-state index in [0.29, 0.717) is 6.42 Å². The van der Waals surface area contributed by atoms with Gasteiger partial charge in [-0.05, 0) is 56.6 Å². The maximum atomic E-state index is 11.9. The van der Waals surface area contributed by atoms with Crippen LogP contribution in [0.2, 0.25) is 0 Å². The Kier molecular flexibility index (Phi) is 4.88. The average Bonchev–Trinajstić information content (AvgIpc) is 2.92. The minimum absolute atomic E-state index is 0.113. The van der Waals surface area contributed by atoms with Gasteiger partial charge < -0.3 is 15.0 Å². The van der Waals surface area contributed by atoms with Crippen molar-refractivity contribution >= 4 is 11.6 Å². The first-order valence-corrected chi connectivity index (χ1v) is 8.05. The molecule has 2 saturated heterocycles. The average molecular weight is 288 g/mol. The number of nitrogens with zero attached hydrogens (tertiary/aromatic N) is 1. The van der Waals surface area contributed by atoms with E-state index in [0.717, 1.165) is 31.7 Å². The molecule has 1 atom stereocenters. The van der Waals surface area contributed by atoms with E-state index in [1.165, 1.54) is 31.5 Å². The van der Waals surface area contributed by atoms with Crippen molar-refractivity contribution in [2.45, 2.75) is 38.2 Å². The summed E-state index contributed by atoms with van der Waals surface area (Å²) in [6, 6.07) is 8.03. The van der Waals surface area contributed by atoms with Crippen LogP contribution in [0, 0.1) is 0 Å². The van der Waals surface area contributed by atoms with E-state index in [9.17, 15) is 4.79 Å². The van der Waals surface area contributed by atoms with Crippen LogP contribution in [0.4, 0.5) is 5.69 Å². The smallest absolute Gasteiger partial charge is 0.224 e. The lowest BCUT2D eigenvalue weighted by atomic mass is 10.0. The maximum absolute atomic E-state index is 11.9. The third kappa shape index (κ3) is 4.05. The molecule has 2 aliphatic rings. The Labute approximate surface area is 126 Å². The summed E-state index contributed by atoms with van der Waals surface area (Å²) in [7, 11) is 0. The van der Waals surface area contributed by atoms with Gasteiger partial charge in [0.2, 0.25) is 5.91 Å². The van der Waals surface area contributed by atoms with Gasteiger partial charge in [0.1, 0.15) is 0 Å². The van der Waals surface area contributed by atoms with Crippen molar-refractivity contribution in [1.29, 1.82) is 0 Å². The molecule has 114 valence electrons. The van der Waals surface area contributed by atoms with Crippen molar-refractivity contribution in [2.24, 2.45) is 0 Å². The summed E-state index contributed by atoms with van der Waals surface area (Å²) in [5.41, 5.74) is 2.08. The fourth-order valence-electron chi connectivity index (χ4n) is 2.97. The molecule has 0 aromatic heterocycles. The number of benzene rings is 1. The highest BCUT2D eigenvalue weighted by atomic mass is 16.5. The molecule has 2 aliphatic heterocycles. The largest absolute Gasteiger partial charge is 0.373 e. The van der Waals surface area contributed by atoms with Crippen molar-refractivity contribution in [3.05, 3.63) is 29.8 Å². The van der Waals surface area contributed by atoms with E-state index < -0.39 is 0 Å². The highest BCUT2D eigenvalue weighted by Crippen LogP contribution is 2.29. The molecule has 1 aromatic carbocycles. The number of anilines is 1. The van der Waals surface area contributed by atoms with Crippen LogP contribution in [-0.2, 0) is 9.53 Å². The molecule has 2 fully saturated rings. The fraction of sp³-hybridized carbons (Fsp3) is 0.588. The Bertz CT molecular complexity index is 462. The Morgan fingerprint density at radius 2 is 1.95 bits per heavy atom. The zero-order valence-electron chi connectivity index (χ0n) is 12.5. The number of carbonyl (C=O) groups excluding carboxylic acids is 1. The summed E-state index contributed by atoms with van der Waals surface area (Å²) in [6.45, 7) is 4.31. The first-order valence-electron chi connectivity index (χ1n) is 8.05. The third-order valence-electron chi connectivity index (χ3n) is 4.34. The molecule has 1 aromatic rings. The Morgan fingerprint density at radius 1 is 1.24 bits per heavy atom. The second-order valence-corrected chi connectivity index (χ2v) is 5.97. The SMILES string of the molecule is O=C(CCCN1CCCC1)Nc1ccc(C2CCO2)cc1. The van der Waals surface area contributed by atoms with Gasteiger partial charge in [0.15, 0.2) is 0 Å². The van der Waals surface area contributed by atoms with Crippen molar-refractivity contribution < 1.29 is 9.53 Å². The van der Waals surface area contributed by atoms with Crippen molar-refractivity contribution in [3.63, 3.8) is 0 Å². The van der Waals surface area contributed by atoms with Gasteiger partial charge in [-0.15, -0.1) is 0 Å².